The van der Waals surface area contributed by atoms with E-state index in [-0.39, 0.29) is 0 Å². The maximum atomic E-state index is 9.43. The number of hydrogen-bond acceptors (Lipinski definition) is 2. The van der Waals surface area contributed by atoms with Crippen molar-refractivity contribution in [2.45, 2.75) is 6.10 Å². The third-order valence-corrected chi connectivity index (χ3v) is 3.33. The quantitative estimate of drug-likeness (QED) is 0.745. The van der Waals surface area contributed by atoms with E-state index in [1.165, 1.54) is 0 Å². The van der Waals surface area contributed by atoms with E-state index in [4.69, 9.17) is 16.3 Å². The van der Waals surface area contributed by atoms with Crippen LogP contribution in [0.25, 0.3) is 0 Å². The van der Waals surface area contributed by atoms with Gasteiger partial charge in [-0.05, 0) is 28.7 Å². The van der Waals surface area contributed by atoms with Crippen molar-refractivity contribution in [1.29, 1.82) is 0 Å². The smallest absolute Gasteiger partial charge is 0.126 e. The molecule has 1 aliphatic heterocycles. The lowest BCUT2D eigenvalue weighted by molar-refractivity contribution is 0.140. The molecule has 1 unspecified atom stereocenters. The molecule has 2 rings (SSSR count). The van der Waals surface area contributed by atoms with Gasteiger partial charge in [-0.3, -0.25) is 0 Å². The summed E-state index contributed by atoms with van der Waals surface area (Å²) in [5.74, 6) is 0.702. The average molecular weight is 296 g/mol. The monoisotopic (exact) mass is 296 g/mol. The molecule has 4 heteroatoms. The molecule has 0 aliphatic carbocycles. The van der Waals surface area contributed by atoms with E-state index in [0.29, 0.717) is 17.4 Å². The zero-order chi connectivity index (χ0) is 8.72. The molecular formula is C8H6ClIO2. The molecule has 0 fully saturated rings. The van der Waals surface area contributed by atoms with Gasteiger partial charge in [0.05, 0.1) is 5.02 Å². The first-order chi connectivity index (χ1) is 5.68. The molecular weight excluding hydrogens is 290 g/mol. The summed E-state index contributed by atoms with van der Waals surface area (Å²) in [7, 11) is 0. The molecule has 1 aromatic rings. The first kappa shape index (κ1) is 8.59. The molecule has 0 aromatic heterocycles. The van der Waals surface area contributed by atoms with Crippen molar-refractivity contribution in [3.8, 4) is 5.75 Å². The van der Waals surface area contributed by atoms with Gasteiger partial charge in [0.1, 0.15) is 18.5 Å². The Kier molecular flexibility index (Phi) is 2.18. The molecule has 64 valence electrons. The minimum Gasteiger partial charge on any atom is -0.490 e. The number of aliphatic hydroxyl groups excluding tert-OH is 1. The number of rotatable bonds is 0. The Morgan fingerprint density at radius 2 is 2.33 bits per heavy atom. The first-order valence-corrected chi connectivity index (χ1v) is 4.94. The molecule has 0 saturated carbocycles. The van der Waals surface area contributed by atoms with Crippen LogP contribution < -0.4 is 4.74 Å². The number of benzene rings is 1. The third kappa shape index (κ3) is 1.30. The van der Waals surface area contributed by atoms with Crippen LogP contribution in [0.2, 0.25) is 5.02 Å². The maximum absolute atomic E-state index is 9.43. The summed E-state index contributed by atoms with van der Waals surface area (Å²) in [5.41, 5.74) is 0.837. The second kappa shape index (κ2) is 3.05. The zero-order valence-corrected chi connectivity index (χ0v) is 8.96. The summed E-state index contributed by atoms with van der Waals surface area (Å²) < 4.78 is 6.15. The lowest BCUT2D eigenvalue weighted by Crippen LogP contribution is -1.97. The molecule has 12 heavy (non-hydrogen) atoms. The molecule has 0 bridgehead atoms. The van der Waals surface area contributed by atoms with Gasteiger partial charge >= 0.3 is 0 Å². The lowest BCUT2D eigenvalue weighted by Gasteiger charge is -2.01. The molecule has 1 atom stereocenters. The van der Waals surface area contributed by atoms with Crippen molar-refractivity contribution in [3.63, 3.8) is 0 Å². The van der Waals surface area contributed by atoms with Crippen LogP contribution in [0.3, 0.4) is 0 Å². The Bertz CT molecular complexity index is 327. The van der Waals surface area contributed by atoms with Crippen molar-refractivity contribution < 1.29 is 9.84 Å². The van der Waals surface area contributed by atoms with Crippen LogP contribution in [-0.2, 0) is 0 Å². The van der Waals surface area contributed by atoms with Gasteiger partial charge in [-0.1, -0.05) is 11.6 Å². The number of fused-ring (bicyclic) bond motifs is 1. The Balaban J connectivity index is 2.56. The largest absolute Gasteiger partial charge is 0.490 e. The summed E-state index contributed by atoms with van der Waals surface area (Å²) in [6, 6.07) is 3.60. The summed E-state index contributed by atoms with van der Waals surface area (Å²) >= 11 is 8.00. The van der Waals surface area contributed by atoms with Gasteiger partial charge in [-0.25, -0.2) is 0 Å². The van der Waals surface area contributed by atoms with Crippen molar-refractivity contribution in [3.05, 3.63) is 26.3 Å². The van der Waals surface area contributed by atoms with Crippen LogP contribution in [-0.4, -0.2) is 11.7 Å². The highest BCUT2D eigenvalue weighted by Gasteiger charge is 2.22. The van der Waals surface area contributed by atoms with E-state index >= 15 is 0 Å². The van der Waals surface area contributed by atoms with Gasteiger partial charge in [0, 0.05) is 15.2 Å². The summed E-state index contributed by atoms with van der Waals surface area (Å²) in [4.78, 5) is 0. The Labute approximate surface area is 88.6 Å². The van der Waals surface area contributed by atoms with E-state index in [0.717, 1.165) is 9.13 Å². The van der Waals surface area contributed by atoms with E-state index in [1.807, 2.05) is 6.07 Å². The second-order valence-electron chi connectivity index (χ2n) is 2.63. The van der Waals surface area contributed by atoms with Gasteiger partial charge in [0.2, 0.25) is 0 Å². The van der Waals surface area contributed by atoms with Crippen LogP contribution in [0.4, 0.5) is 0 Å². The molecule has 1 heterocycles. The highest BCUT2D eigenvalue weighted by atomic mass is 127. The molecule has 2 nitrogen and oxygen atoms in total. The summed E-state index contributed by atoms with van der Waals surface area (Å²) in [6.07, 6.45) is -0.495. The van der Waals surface area contributed by atoms with Crippen LogP contribution in [0.15, 0.2) is 12.1 Å². The van der Waals surface area contributed by atoms with Crippen LogP contribution in [0.1, 0.15) is 11.7 Å². The average Bonchev–Trinajstić information content (AvgIpc) is 2.35. The molecule has 0 amide bonds. The fourth-order valence-corrected chi connectivity index (χ4v) is 1.83. The SMILES string of the molecule is OC1COc2cc(Cl)c(I)cc21. The fraction of sp³-hybridized carbons (Fsp3) is 0.250. The van der Waals surface area contributed by atoms with Gasteiger partial charge in [0.25, 0.3) is 0 Å². The third-order valence-electron chi connectivity index (χ3n) is 1.81. The molecule has 0 saturated heterocycles. The Morgan fingerprint density at radius 1 is 1.58 bits per heavy atom. The van der Waals surface area contributed by atoms with Crippen molar-refractivity contribution in [1.82, 2.24) is 0 Å². The number of halogens is 2. The van der Waals surface area contributed by atoms with E-state index in [2.05, 4.69) is 22.6 Å². The maximum Gasteiger partial charge on any atom is 0.126 e. The highest BCUT2D eigenvalue weighted by Crippen LogP contribution is 2.36. The first-order valence-electron chi connectivity index (χ1n) is 3.48. The predicted octanol–water partition coefficient (Wildman–Crippen LogP) is 2.37. The Morgan fingerprint density at radius 3 is 3.08 bits per heavy atom. The van der Waals surface area contributed by atoms with Crippen LogP contribution in [0, 0.1) is 3.57 Å². The molecule has 1 N–H and O–H groups in total. The van der Waals surface area contributed by atoms with E-state index in [9.17, 15) is 5.11 Å². The van der Waals surface area contributed by atoms with Crippen molar-refractivity contribution >= 4 is 34.2 Å². The van der Waals surface area contributed by atoms with Crippen LogP contribution >= 0.6 is 34.2 Å². The van der Waals surface area contributed by atoms with Crippen molar-refractivity contribution in [2.24, 2.45) is 0 Å². The fourth-order valence-electron chi connectivity index (χ4n) is 1.19. The highest BCUT2D eigenvalue weighted by molar-refractivity contribution is 14.1. The number of aliphatic hydroxyl groups is 1. The molecule has 0 spiro atoms. The normalized spacial score (nSPS) is 20.4. The van der Waals surface area contributed by atoms with E-state index < -0.39 is 6.10 Å². The molecule has 1 aromatic carbocycles. The minimum absolute atomic E-state index is 0.339. The summed E-state index contributed by atoms with van der Waals surface area (Å²) in [6.45, 7) is 0.339. The number of hydrogen-bond donors (Lipinski definition) is 1. The summed E-state index contributed by atoms with van der Waals surface area (Å²) in [5, 5.41) is 10.1. The van der Waals surface area contributed by atoms with Gasteiger partial charge in [-0.2, -0.15) is 0 Å². The Hall–Kier alpha value is -0.0000000000000000555. The van der Waals surface area contributed by atoms with E-state index in [1.54, 1.807) is 6.07 Å². The zero-order valence-electron chi connectivity index (χ0n) is 6.05. The minimum atomic E-state index is -0.495. The van der Waals surface area contributed by atoms with Crippen molar-refractivity contribution in [2.75, 3.05) is 6.61 Å². The standard InChI is InChI=1S/C8H6ClIO2/c9-5-2-8-4(1-6(5)10)7(11)3-12-8/h1-2,7,11H,3H2. The lowest BCUT2D eigenvalue weighted by atomic mass is 10.1. The van der Waals surface area contributed by atoms with Gasteiger partial charge in [0.15, 0.2) is 0 Å². The predicted molar refractivity (Wildman–Crippen MR) is 54.6 cm³/mol. The number of ether oxygens (including phenoxy) is 1. The molecule has 0 radical (unpaired) electrons. The molecule has 1 aliphatic rings. The van der Waals surface area contributed by atoms with Crippen LogP contribution in [0.5, 0.6) is 5.75 Å². The topological polar surface area (TPSA) is 29.5 Å². The van der Waals surface area contributed by atoms with Gasteiger partial charge < -0.3 is 9.84 Å². The second-order valence-corrected chi connectivity index (χ2v) is 4.20. The van der Waals surface area contributed by atoms with Gasteiger partial charge in [-0.15, -0.1) is 0 Å².